The lowest BCUT2D eigenvalue weighted by Crippen LogP contribution is -2.09. The molecule has 0 spiro atoms. The number of halogens is 2. The number of aromatic nitrogens is 2. The van der Waals surface area contributed by atoms with Crippen molar-refractivity contribution in [1.29, 1.82) is 0 Å². The molecule has 1 aromatic heterocycles. The van der Waals surface area contributed by atoms with Gasteiger partial charge in [-0.3, -0.25) is 5.10 Å². The standard InChI is InChI=1S/C6H6F2N2O3/c7-4(8)2-13-3-1-9-10-5(3)6(11)12/h1,4H,2H2,(H,9,10)(H,11,12). The second-order valence-corrected chi connectivity index (χ2v) is 2.12. The number of H-pyrrole nitrogens is 1. The highest BCUT2D eigenvalue weighted by Gasteiger charge is 2.14. The van der Waals surface area contributed by atoms with Crippen molar-refractivity contribution in [3.05, 3.63) is 11.9 Å². The molecule has 13 heavy (non-hydrogen) atoms. The smallest absolute Gasteiger partial charge is 0.357 e. The number of carboxylic acids is 1. The van der Waals surface area contributed by atoms with E-state index in [1.165, 1.54) is 0 Å². The third-order valence-corrected chi connectivity index (χ3v) is 1.18. The van der Waals surface area contributed by atoms with Gasteiger partial charge in [-0.2, -0.15) is 5.10 Å². The number of nitrogens with one attached hydrogen (secondary N) is 1. The molecular formula is C6H6F2N2O3. The minimum atomic E-state index is -2.64. The van der Waals surface area contributed by atoms with Crippen molar-refractivity contribution < 1.29 is 23.4 Å². The fourth-order valence-electron chi connectivity index (χ4n) is 0.691. The lowest BCUT2D eigenvalue weighted by atomic mass is 10.4. The van der Waals surface area contributed by atoms with Crippen LogP contribution in [-0.4, -0.2) is 34.3 Å². The van der Waals surface area contributed by atoms with Crippen molar-refractivity contribution in [2.75, 3.05) is 6.61 Å². The molecule has 0 saturated heterocycles. The number of nitrogens with zero attached hydrogens (tertiary/aromatic N) is 1. The van der Waals surface area contributed by atoms with E-state index >= 15 is 0 Å². The van der Waals surface area contributed by atoms with E-state index in [1.807, 2.05) is 0 Å². The number of aromatic amines is 1. The van der Waals surface area contributed by atoms with Crippen LogP contribution in [0.5, 0.6) is 5.75 Å². The number of aromatic carboxylic acids is 1. The summed E-state index contributed by atoms with van der Waals surface area (Å²) in [5.74, 6) is -1.49. The Balaban J connectivity index is 2.65. The van der Waals surface area contributed by atoms with E-state index in [2.05, 4.69) is 14.9 Å². The molecule has 0 amide bonds. The van der Waals surface area contributed by atoms with E-state index in [1.54, 1.807) is 0 Å². The number of hydrogen-bond acceptors (Lipinski definition) is 3. The molecule has 72 valence electrons. The predicted molar refractivity (Wildman–Crippen MR) is 37.0 cm³/mol. The van der Waals surface area contributed by atoms with Crippen LogP contribution < -0.4 is 4.74 Å². The van der Waals surface area contributed by atoms with E-state index in [-0.39, 0.29) is 11.4 Å². The molecule has 0 aliphatic rings. The molecule has 0 unspecified atom stereocenters. The zero-order valence-electron chi connectivity index (χ0n) is 6.33. The maximum absolute atomic E-state index is 11.7. The first-order valence-corrected chi connectivity index (χ1v) is 3.29. The SMILES string of the molecule is O=C(O)c1[nH]ncc1OCC(F)F. The second-order valence-electron chi connectivity index (χ2n) is 2.12. The van der Waals surface area contributed by atoms with Gasteiger partial charge >= 0.3 is 5.97 Å². The van der Waals surface area contributed by atoms with Crippen LogP contribution in [0.4, 0.5) is 8.78 Å². The van der Waals surface area contributed by atoms with E-state index in [0.717, 1.165) is 6.20 Å². The minimum Gasteiger partial charge on any atom is -0.483 e. The van der Waals surface area contributed by atoms with Crippen molar-refractivity contribution in [3.8, 4) is 5.75 Å². The van der Waals surface area contributed by atoms with E-state index < -0.39 is 19.0 Å². The topological polar surface area (TPSA) is 75.2 Å². The Morgan fingerprint density at radius 1 is 1.77 bits per heavy atom. The van der Waals surface area contributed by atoms with Crippen LogP contribution in [0.2, 0.25) is 0 Å². The van der Waals surface area contributed by atoms with Gasteiger partial charge in [0.25, 0.3) is 6.43 Å². The monoisotopic (exact) mass is 192 g/mol. The number of carboxylic acid groups (broad SMARTS) is 1. The Morgan fingerprint density at radius 2 is 2.46 bits per heavy atom. The predicted octanol–water partition coefficient (Wildman–Crippen LogP) is 0.752. The molecule has 5 nitrogen and oxygen atoms in total. The Labute approximate surface area is 71.3 Å². The minimum absolute atomic E-state index is 0.187. The third-order valence-electron chi connectivity index (χ3n) is 1.18. The van der Waals surface area contributed by atoms with Gasteiger partial charge in [0, 0.05) is 0 Å². The Kier molecular flexibility index (Phi) is 2.78. The first-order chi connectivity index (χ1) is 6.11. The van der Waals surface area contributed by atoms with Crippen molar-refractivity contribution >= 4 is 5.97 Å². The Bertz CT molecular complexity index is 300. The Morgan fingerprint density at radius 3 is 3.00 bits per heavy atom. The molecule has 0 atom stereocenters. The van der Waals surface area contributed by atoms with Gasteiger partial charge in [-0.25, -0.2) is 13.6 Å². The molecule has 0 fully saturated rings. The summed E-state index contributed by atoms with van der Waals surface area (Å²) in [5.41, 5.74) is -0.333. The van der Waals surface area contributed by atoms with Gasteiger partial charge in [-0.05, 0) is 0 Å². The van der Waals surface area contributed by atoms with Crippen LogP contribution in [0.15, 0.2) is 6.20 Å². The highest BCUT2D eigenvalue weighted by Crippen LogP contribution is 2.14. The van der Waals surface area contributed by atoms with Crippen LogP contribution in [0, 0.1) is 0 Å². The summed E-state index contributed by atoms with van der Waals surface area (Å²) < 4.78 is 27.8. The maximum atomic E-state index is 11.7. The zero-order chi connectivity index (χ0) is 9.84. The van der Waals surface area contributed by atoms with E-state index in [0.29, 0.717) is 0 Å². The molecule has 0 aliphatic heterocycles. The molecule has 1 aromatic rings. The van der Waals surface area contributed by atoms with Crippen molar-refractivity contribution in [3.63, 3.8) is 0 Å². The van der Waals surface area contributed by atoms with E-state index in [9.17, 15) is 13.6 Å². The molecule has 0 aliphatic carbocycles. The number of alkyl halides is 2. The summed E-state index contributed by atoms with van der Waals surface area (Å²) in [4.78, 5) is 10.4. The highest BCUT2D eigenvalue weighted by molar-refractivity contribution is 5.88. The summed E-state index contributed by atoms with van der Waals surface area (Å²) in [6.07, 6.45) is -1.61. The number of ether oxygens (including phenoxy) is 1. The quantitative estimate of drug-likeness (QED) is 0.738. The van der Waals surface area contributed by atoms with Crippen LogP contribution in [-0.2, 0) is 0 Å². The zero-order valence-corrected chi connectivity index (χ0v) is 6.33. The first-order valence-electron chi connectivity index (χ1n) is 3.29. The first kappa shape index (κ1) is 9.43. The molecule has 0 bridgehead atoms. The maximum Gasteiger partial charge on any atom is 0.357 e. The van der Waals surface area contributed by atoms with Crippen molar-refractivity contribution in [2.45, 2.75) is 6.43 Å². The molecule has 1 rings (SSSR count). The van der Waals surface area contributed by atoms with Crippen molar-refractivity contribution in [1.82, 2.24) is 10.2 Å². The van der Waals surface area contributed by atoms with Crippen LogP contribution >= 0.6 is 0 Å². The number of carbonyl (C=O) groups is 1. The summed E-state index contributed by atoms with van der Waals surface area (Å²) in [6.45, 7) is -0.847. The molecule has 1 heterocycles. The average molecular weight is 192 g/mol. The normalized spacial score (nSPS) is 10.4. The van der Waals surface area contributed by atoms with E-state index in [4.69, 9.17) is 5.11 Å². The van der Waals surface area contributed by atoms with Gasteiger partial charge in [0.15, 0.2) is 11.4 Å². The van der Waals surface area contributed by atoms with Crippen LogP contribution in [0.25, 0.3) is 0 Å². The Hall–Kier alpha value is -1.66. The fraction of sp³-hybridized carbons (Fsp3) is 0.333. The molecule has 0 aromatic carbocycles. The largest absolute Gasteiger partial charge is 0.483 e. The van der Waals surface area contributed by atoms with Crippen LogP contribution in [0.1, 0.15) is 10.5 Å². The number of hydrogen-bond donors (Lipinski definition) is 2. The van der Waals surface area contributed by atoms with Gasteiger partial charge in [0.05, 0.1) is 6.20 Å². The van der Waals surface area contributed by atoms with Gasteiger partial charge in [-0.1, -0.05) is 0 Å². The summed E-state index contributed by atoms with van der Waals surface area (Å²) in [5, 5.41) is 13.9. The molecular weight excluding hydrogens is 186 g/mol. The highest BCUT2D eigenvalue weighted by atomic mass is 19.3. The molecule has 0 saturated carbocycles. The lowest BCUT2D eigenvalue weighted by molar-refractivity contribution is 0.0659. The van der Waals surface area contributed by atoms with Crippen molar-refractivity contribution in [2.24, 2.45) is 0 Å². The van der Waals surface area contributed by atoms with Gasteiger partial charge in [0.1, 0.15) is 6.61 Å². The summed E-state index contributed by atoms with van der Waals surface area (Å²) in [6, 6.07) is 0. The second kappa shape index (κ2) is 3.83. The average Bonchev–Trinajstić information content (AvgIpc) is 2.47. The van der Waals surface area contributed by atoms with Gasteiger partial charge < -0.3 is 9.84 Å². The third kappa shape index (κ3) is 2.39. The molecule has 7 heteroatoms. The lowest BCUT2D eigenvalue weighted by Gasteiger charge is -2.02. The molecule has 2 N–H and O–H groups in total. The van der Waals surface area contributed by atoms with Gasteiger partial charge in [0.2, 0.25) is 0 Å². The summed E-state index contributed by atoms with van der Waals surface area (Å²) >= 11 is 0. The fourth-order valence-corrected chi connectivity index (χ4v) is 0.691. The van der Waals surface area contributed by atoms with Gasteiger partial charge in [-0.15, -0.1) is 0 Å². The molecule has 0 radical (unpaired) electrons. The summed E-state index contributed by atoms with van der Waals surface area (Å²) in [7, 11) is 0. The number of rotatable bonds is 4. The van der Waals surface area contributed by atoms with Crippen LogP contribution in [0.3, 0.4) is 0 Å².